The summed E-state index contributed by atoms with van der Waals surface area (Å²) in [4.78, 5) is 0.954. The lowest BCUT2D eigenvalue weighted by atomic mass is 10.2. The maximum absolute atomic E-state index is 4.22. The molecule has 2 rings (SSSR count). The minimum absolute atomic E-state index is 0.954. The third-order valence-corrected chi connectivity index (χ3v) is 2.23. The zero-order chi connectivity index (χ0) is 10.5. The van der Waals surface area contributed by atoms with E-state index in [1.54, 1.807) is 0 Å². The molecule has 0 aliphatic rings. The fourth-order valence-corrected chi connectivity index (χ4v) is 1.31. The number of benzene rings is 2. The van der Waals surface area contributed by atoms with Gasteiger partial charge in [0.2, 0.25) is 0 Å². The summed E-state index contributed by atoms with van der Waals surface area (Å²) in [6.45, 7) is 0. The quantitative estimate of drug-likeness (QED) is 0.500. The standard InChI is InChI=1S/C14H9S/c15-14-10-8-13(9-11-14)7-6-12-4-2-1-3-5-12/h2-5,8-11,15H. The molecule has 0 fully saturated rings. The van der Waals surface area contributed by atoms with Crippen molar-refractivity contribution in [3.8, 4) is 11.8 Å². The first-order valence-corrected chi connectivity index (χ1v) is 5.06. The van der Waals surface area contributed by atoms with E-state index in [-0.39, 0.29) is 0 Å². The maximum atomic E-state index is 4.22. The Morgan fingerprint density at radius 2 is 1.33 bits per heavy atom. The molecule has 0 aliphatic heterocycles. The molecule has 2 aromatic rings. The van der Waals surface area contributed by atoms with Crippen LogP contribution in [0.1, 0.15) is 11.1 Å². The summed E-state index contributed by atoms with van der Waals surface area (Å²) in [5.41, 5.74) is 2.00. The molecule has 0 unspecified atom stereocenters. The van der Waals surface area contributed by atoms with Crippen molar-refractivity contribution in [1.29, 1.82) is 0 Å². The van der Waals surface area contributed by atoms with Gasteiger partial charge in [0.1, 0.15) is 0 Å². The Balaban J connectivity index is 2.22. The van der Waals surface area contributed by atoms with Crippen LogP contribution in [0.2, 0.25) is 0 Å². The van der Waals surface area contributed by atoms with Crippen molar-refractivity contribution in [2.75, 3.05) is 0 Å². The molecule has 0 amide bonds. The molecule has 71 valence electrons. The summed E-state index contributed by atoms with van der Waals surface area (Å²) in [6.07, 6.45) is 0. The minimum Gasteiger partial charge on any atom is -0.143 e. The molecule has 0 aromatic heterocycles. The fourth-order valence-electron chi connectivity index (χ4n) is 1.16. The molecule has 1 heteroatoms. The summed E-state index contributed by atoms with van der Waals surface area (Å²) in [6, 6.07) is 18.4. The Hall–Kier alpha value is -1.65. The SMILES string of the molecule is Sc1ccc(C#Cc2cc[c]cc2)cc1. The van der Waals surface area contributed by atoms with E-state index in [1.807, 2.05) is 48.5 Å². The molecule has 0 atom stereocenters. The van der Waals surface area contributed by atoms with Crippen molar-refractivity contribution >= 4 is 12.6 Å². The van der Waals surface area contributed by atoms with Gasteiger partial charge in [-0.15, -0.1) is 12.6 Å². The van der Waals surface area contributed by atoms with Crippen molar-refractivity contribution in [3.05, 3.63) is 65.7 Å². The zero-order valence-electron chi connectivity index (χ0n) is 8.07. The highest BCUT2D eigenvalue weighted by atomic mass is 32.1. The van der Waals surface area contributed by atoms with Crippen LogP contribution in [0.3, 0.4) is 0 Å². The topological polar surface area (TPSA) is 0 Å². The highest BCUT2D eigenvalue weighted by molar-refractivity contribution is 7.80. The van der Waals surface area contributed by atoms with Gasteiger partial charge in [-0.1, -0.05) is 24.0 Å². The zero-order valence-corrected chi connectivity index (χ0v) is 8.96. The van der Waals surface area contributed by atoms with Crippen LogP contribution in [-0.4, -0.2) is 0 Å². The van der Waals surface area contributed by atoms with Crippen LogP contribution < -0.4 is 0 Å². The molecule has 0 saturated heterocycles. The molecule has 15 heavy (non-hydrogen) atoms. The molecule has 0 nitrogen and oxygen atoms in total. The van der Waals surface area contributed by atoms with E-state index in [4.69, 9.17) is 0 Å². The first kappa shape index (κ1) is 9.89. The van der Waals surface area contributed by atoms with Crippen LogP contribution in [-0.2, 0) is 0 Å². The summed E-state index contributed by atoms with van der Waals surface area (Å²) in [5, 5.41) is 0. The Morgan fingerprint density at radius 3 is 1.93 bits per heavy atom. The average molecular weight is 209 g/mol. The summed E-state index contributed by atoms with van der Waals surface area (Å²) in [5.74, 6) is 6.18. The van der Waals surface area contributed by atoms with Crippen molar-refractivity contribution in [1.82, 2.24) is 0 Å². The first-order chi connectivity index (χ1) is 7.34. The van der Waals surface area contributed by atoms with Gasteiger partial charge >= 0.3 is 0 Å². The molecular weight excluding hydrogens is 200 g/mol. The molecule has 0 bridgehead atoms. The first-order valence-electron chi connectivity index (χ1n) is 4.62. The van der Waals surface area contributed by atoms with Gasteiger partial charge in [-0.25, -0.2) is 0 Å². The van der Waals surface area contributed by atoms with Gasteiger partial charge in [-0.3, -0.25) is 0 Å². The van der Waals surface area contributed by atoms with Crippen LogP contribution in [0.5, 0.6) is 0 Å². The summed E-state index contributed by atoms with van der Waals surface area (Å²) >= 11 is 4.22. The van der Waals surface area contributed by atoms with E-state index < -0.39 is 0 Å². The third kappa shape index (κ3) is 2.90. The smallest absolute Gasteiger partial charge is 0.0249 e. The fraction of sp³-hybridized carbons (Fsp3) is 0. The van der Waals surface area contributed by atoms with E-state index in [2.05, 4.69) is 30.5 Å². The van der Waals surface area contributed by atoms with Gasteiger partial charge < -0.3 is 0 Å². The monoisotopic (exact) mass is 209 g/mol. The Bertz CT molecular complexity index is 486. The van der Waals surface area contributed by atoms with Gasteiger partial charge in [0.15, 0.2) is 0 Å². The second-order valence-corrected chi connectivity index (χ2v) is 3.60. The molecule has 0 heterocycles. The van der Waals surface area contributed by atoms with Crippen LogP contribution in [0.25, 0.3) is 0 Å². The summed E-state index contributed by atoms with van der Waals surface area (Å²) < 4.78 is 0. The predicted octanol–water partition coefficient (Wildman–Crippen LogP) is 3.18. The van der Waals surface area contributed by atoms with Crippen LogP contribution in [0, 0.1) is 17.9 Å². The van der Waals surface area contributed by atoms with Gasteiger partial charge in [-0.2, -0.15) is 0 Å². The largest absolute Gasteiger partial charge is 0.143 e. The van der Waals surface area contributed by atoms with E-state index in [0.717, 1.165) is 16.0 Å². The Kier molecular flexibility index (Phi) is 3.11. The molecule has 2 aromatic carbocycles. The van der Waals surface area contributed by atoms with E-state index >= 15 is 0 Å². The molecule has 0 aliphatic carbocycles. The number of rotatable bonds is 0. The normalized spacial score (nSPS) is 9.13. The van der Waals surface area contributed by atoms with Crippen molar-refractivity contribution < 1.29 is 0 Å². The predicted molar refractivity (Wildman–Crippen MR) is 65.0 cm³/mol. The number of hydrogen-bond acceptors (Lipinski definition) is 1. The van der Waals surface area contributed by atoms with E-state index in [1.165, 1.54) is 0 Å². The van der Waals surface area contributed by atoms with E-state index in [9.17, 15) is 0 Å². The second-order valence-electron chi connectivity index (χ2n) is 3.09. The Morgan fingerprint density at radius 1 is 0.800 bits per heavy atom. The highest BCUT2D eigenvalue weighted by Crippen LogP contribution is 2.06. The van der Waals surface area contributed by atoms with E-state index in [0.29, 0.717) is 0 Å². The lowest BCUT2D eigenvalue weighted by Gasteiger charge is -1.91. The van der Waals surface area contributed by atoms with Crippen LogP contribution >= 0.6 is 12.6 Å². The summed E-state index contributed by atoms with van der Waals surface area (Å²) in [7, 11) is 0. The highest BCUT2D eigenvalue weighted by Gasteiger charge is 1.86. The second kappa shape index (κ2) is 4.72. The molecule has 0 spiro atoms. The molecular formula is C14H9S. The molecule has 0 saturated carbocycles. The lowest BCUT2D eigenvalue weighted by molar-refractivity contribution is 1.46. The van der Waals surface area contributed by atoms with Crippen molar-refractivity contribution in [2.45, 2.75) is 4.90 Å². The minimum atomic E-state index is 0.954. The molecule has 0 N–H and O–H groups in total. The van der Waals surface area contributed by atoms with Crippen LogP contribution in [0.15, 0.2) is 53.4 Å². The third-order valence-electron chi connectivity index (χ3n) is 1.94. The Labute approximate surface area is 95.4 Å². The lowest BCUT2D eigenvalue weighted by Crippen LogP contribution is -1.75. The van der Waals surface area contributed by atoms with Crippen molar-refractivity contribution in [3.63, 3.8) is 0 Å². The van der Waals surface area contributed by atoms with Gasteiger partial charge in [-0.05, 0) is 42.5 Å². The molecule has 1 radical (unpaired) electrons. The van der Waals surface area contributed by atoms with Gasteiger partial charge in [0.25, 0.3) is 0 Å². The number of thiol groups is 1. The average Bonchev–Trinajstić information content (AvgIpc) is 2.30. The van der Waals surface area contributed by atoms with Crippen LogP contribution in [0.4, 0.5) is 0 Å². The van der Waals surface area contributed by atoms with Crippen molar-refractivity contribution in [2.24, 2.45) is 0 Å². The number of hydrogen-bond donors (Lipinski definition) is 1. The maximum Gasteiger partial charge on any atom is 0.0249 e. The van der Waals surface area contributed by atoms with Gasteiger partial charge in [0, 0.05) is 16.0 Å². The van der Waals surface area contributed by atoms with Gasteiger partial charge in [0.05, 0.1) is 0 Å².